The highest BCUT2D eigenvalue weighted by Crippen LogP contribution is 2.21. The highest BCUT2D eigenvalue weighted by atomic mass is 16.4. The Hall–Kier alpha value is -1.95. The summed E-state index contributed by atoms with van der Waals surface area (Å²) < 4.78 is 5.71. The Kier molecular flexibility index (Phi) is 6.98. The van der Waals surface area contributed by atoms with Crippen LogP contribution < -0.4 is 4.90 Å². The average molecular weight is 305 g/mol. The van der Waals surface area contributed by atoms with E-state index in [1.54, 1.807) is 6.20 Å². The number of nitrogens with zero attached hydrogens (tertiary/aromatic N) is 5. The third-order valence-corrected chi connectivity index (χ3v) is 3.32. The molecular weight excluding hydrogens is 278 g/mol. The van der Waals surface area contributed by atoms with E-state index in [2.05, 4.69) is 32.0 Å². The molecule has 0 radical (unpaired) electrons. The van der Waals surface area contributed by atoms with Crippen molar-refractivity contribution in [2.24, 2.45) is 0 Å². The Bertz CT molecular complexity index is 544. The monoisotopic (exact) mass is 305 g/mol. The van der Waals surface area contributed by atoms with Crippen LogP contribution in [-0.2, 0) is 0 Å². The molecule has 2 aromatic heterocycles. The summed E-state index contributed by atoms with van der Waals surface area (Å²) in [7, 11) is 2.12. The van der Waals surface area contributed by atoms with Gasteiger partial charge < -0.3 is 14.2 Å². The van der Waals surface area contributed by atoms with Crippen LogP contribution in [-0.4, -0.2) is 53.3 Å². The van der Waals surface area contributed by atoms with Gasteiger partial charge in [0.15, 0.2) is 0 Å². The number of pyridine rings is 1. The molecule has 0 saturated carbocycles. The highest BCUT2D eigenvalue weighted by molar-refractivity contribution is 5.47. The Morgan fingerprint density at radius 2 is 1.73 bits per heavy atom. The molecule has 1 saturated heterocycles. The molecule has 0 aromatic carbocycles. The van der Waals surface area contributed by atoms with E-state index in [1.165, 1.54) is 0 Å². The second-order valence-corrected chi connectivity index (χ2v) is 4.90. The number of piperazine rings is 1. The lowest BCUT2D eigenvalue weighted by molar-refractivity contribution is 0.305. The maximum Gasteiger partial charge on any atom is 0.318 e. The van der Waals surface area contributed by atoms with Crippen LogP contribution in [0.25, 0.3) is 11.6 Å². The van der Waals surface area contributed by atoms with Gasteiger partial charge in [-0.2, -0.15) is 0 Å². The first-order valence-electron chi connectivity index (χ1n) is 7.42. The van der Waals surface area contributed by atoms with E-state index in [0.29, 0.717) is 11.9 Å². The van der Waals surface area contributed by atoms with E-state index in [4.69, 9.17) is 4.42 Å². The summed E-state index contributed by atoms with van der Waals surface area (Å²) in [6.45, 7) is 9.86. The lowest BCUT2D eigenvalue weighted by Gasteiger charge is -2.30. The van der Waals surface area contributed by atoms with Crippen LogP contribution in [0.15, 0.2) is 22.7 Å². The van der Waals surface area contributed by atoms with Crippen LogP contribution in [0.3, 0.4) is 0 Å². The highest BCUT2D eigenvalue weighted by Gasteiger charge is 2.20. The number of aryl methyl sites for hydroxylation is 1. The number of anilines is 1. The molecule has 0 aliphatic carbocycles. The molecule has 6 heteroatoms. The first-order valence-corrected chi connectivity index (χ1v) is 7.42. The van der Waals surface area contributed by atoms with Crippen LogP contribution in [0.1, 0.15) is 26.8 Å². The summed E-state index contributed by atoms with van der Waals surface area (Å²) in [5, 5.41) is 8.19. The van der Waals surface area contributed by atoms with Crippen molar-refractivity contribution in [3.05, 3.63) is 23.9 Å². The predicted molar refractivity (Wildman–Crippen MR) is 90.1 cm³/mol. The van der Waals surface area contributed by atoms with Crippen LogP contribution in [0, 0.1) is 6.92 Å². The van der Waals surface area contributed by atoms with Crippen molar-refractivity contribution in [3.8, 4) is 11.6 Å². The molecule has 0 amide bonds. The molecule has 2 aromatic rings. The van der Waals surface area contributed by atoms with Gasteiger partial charge in [-0.15, -0.1) is 5.10 Å². The fraction of sp³-hybridized carbons (Fsp3) is 0.562. The largest absolute Gasteiger partial charge is 0.402 e. The van der Waals surface area contributed by atoms with Crippen LogP contribution >= 0.6 is 0 Å². The molecule has 3 rings (SSSR count). The second-order valence-electron chi connectivity index (χ2n) is 4.90. The van der Waals surface area contributed by atoms with Gasteiger partial charge in [-0.25, -0.2) is 0 Å². The minimum absolute atomic E-state index is 0. The lowest BCUT2D eigenvalue weighted by atomic mass is 10.3. The summed E-state index contributed by atoms with van der Waals surface area (Å²) in [6, 6.07) is 4.48. The van der Waals surface area contributed by atoms with Gasteiger partial charge in [0, 0.05) is 32.4 Å². The van der Waals surface area contributed by atoms with Gasteiger partial charge in [0.25, 0.3) is 5.89 Å². The minimum atomic E-state index is 0. The topological polar surface area (TPSA) is 58.3 Å². The molecule has 1 aliphatic rings. The first kappa shape index (κ1) is 18.1. The molecule has 6 nitrogen and oxygen atoms in total. The van der Waals surface area contributed by atoms with Crippen molar-refractivity contribution in [1.82, 2.24) is 20.1 Å². The third-order valence-electron chi connectivity index (χ3n) is 3.32. The average Bonchev–Trinajstić information content (AvgIpc) is 3.01. The molecule has 122 valence electrons. The Morgan fingerprint density at radius 1 is 1.05 bits per heavy atom. The number of hydrogen-bond donors (Lipinski definition) is 0. The third kappa shape index (κ3) is 4.27. The molecule has 1 fully saturated rings. The molecule has 0 unspecified atom stereocenters. The van der Waals surface area contributed by atoms with E-state index < -0.39 is 0 Å². The van der Waals surface area contributed by atoms with Gasteiger partial charge in [-0.3, -0.25) is 4.98 Å². The Labute approximate surface area is 133 Å². The molecule has 0 spiro atoms. The fourth-order valence-corrected chi connectivity index (χ4v) is 2.04. The van der Waals surface area contributed by atoms with Gasteiger partial charge in [-0.1, -0.05) is 32.4 Å². The number of likely N-dealkylation sites (N-methyl/N-ethyl adjacent to an activating group) is 1. The zero-order valence-electron chi connectivity index (χ0n) is 13.2. The standard InChI is InChI=1S/C13H17N5O.C2H6.CH4/c1-10-3-4-11(14-9-10)12-15-16-13(19-12)18-7-5-17(2)6-8-18;1-2;/h3-4,9H,5-8H2,1-2H3;1-2H3;1H4. The predicted octanol–water partition coefficient (Wildman–Crippen LogP) is 2.85. The SMILES string of the molecule is C.CC.Cc1ccc(-c2nnc(N3CCN(C)CC3)o2)nc1. The van der Waals surface area contributed by atoms with Gasteiger partial charge in [0.05, 0.1) is 0 Å². The summed E-state index contributed by atoms with van der Waals surface area (Å²) in [5.74, 6) is 0.480. The van der Waals surface area contributed by atoms with E-state index >= 15 is 0 Å². The van der Waals surface area contributed by atoms with Crippen molar-refractivity contribution in [2.75, 3.05) is 38.1 Å². The number of aromatic nitrogens is 3. The van der Waals surface area contributed by atoms with Crippen LogP contribution in [0.2, 0.25) is 0 Å². The quantitative estimate of drug-likeness (QED) is 0.850. The maximum atomic E-state index is 5.71. The molecule has 22 heavy (non-hydrogen) atoms. The van der Waals surface area contributed by atoms with Crippen LogP contribution in [0.5, 0.6) is 0 Å². The molecule has 0 N–H and O–H groups in total. The van der Waals surface area contributed by atoms with Crippen molar-refractivity contribution >= 4 is 6.01 Å². The summed E-state index contributed by atoms with van der Waals surface area (Å²) >= 11 is 0. The summed E-state index contributed by atoms with van der Waals surface area (Å²) in [6.07, 6.45) is 1.80. The molecular formula is C16H27N5O. The van der Waals surface area contributed by atoms with Crippen molar-refractivity contribution in [3.63, 3.8) is 0 Å². The Balaban J connectivity index is 0.000000775. The second kappa shape index (κ2) is 8.48. The van der Waals surface area contributed by atoms with Gasteiger partial charge in [0.1, 0.15) is 5.69 Å². The summed E-state index contributed by atoms with van der Waals surface area (Å²) in [4.78, 5) is 8.70. The lowest BCUT2D eigenvalue weighted by Crippen LogP contribution is -2.44. The van der Waals surface area contributed by atoms with Gasteiger partial charge in [0.2, 0.25) is 0 Å². The van der Waals surface area contributed by atoms with Crippen molar-refractivity contribution in [2.45, 2.75) is 28.2 Å². The molecule has 1 aliphatic heterocycles. The van der Waals surface area contributed by atoms with Crippen LogP contribution in [0.4, 0.5) is 6.01 Å². The zero-order valence-corrected chi connectivity index (χ0v) is 13.2. The Morgan fingerprint density at radius 3 is 2.32 bits per heavy atom. The number of rotatable bonds is 2. The van der Waals surface area contributed by atoms with E-state index in [1.807, 2.05) is 32.9 Å². The van der Waals surface area contributed by atoms with Gasteiger partial charge >= 0.3 is 6.01 Å². The zero-order chi connectivity index (χ0) is 15.2. The maximum absolute atomic E-state index is 5.71. The summed E-state index contributed by atoms with van der Waals surface area (Å²) in [5.41, 5.74) is 1.83. The molecule has 3 heterocycles. The van der Waals surface area contributed by atoms with Crippen molar-refractivity contribution < 1.29 is 4.42 Å². The van der Waals surface area contributed by atoms with E-state index in [0.717, 1.165) is 37.4 Å². The van der Waals surface area contributed by atoms with E-state index in [-0.39, 0.29) is 7.43 Å². The smallest absolute Gasteiger partial charge is 0.318 e. The van der Waals surface area contributed by atoms with Crippen molar-refractivity contribution in [1.29, 1.82) is 0 Å². The van der Waals surface area contributed by atoms with E-state index in [9.17, 15) is 0 Å². The van der Waals surface area contributed by atoms with Gasteiger partial charge in [-0.05, 0) is 25.6 Å². The number of hydrogen-bond acceptors (Lipinski definition) is 6. The fourth-order valence-electron chi connectivity index (χ4n) is 2.04. The normalized spacial score (nSPS) is 14.8. The molecule has 0 atom stereocenters. The minimum Gasteiger partial charge on any atom is -0.402 e. The first-order chi connectivity index (χ1) is 10.2. The molecule has 0 bridgehead atoms.